The van der Waals surface area contributed by atoms with Crippen molar-refractivity contribution in [2.75, 3.05) is 27.2 Å². The van der Waals surface area contributed by atoms with E-state index < -0.39 is 10.0 Å². The maximum absolute atomic E-state index is 12.8. The molecule has 1 heterocycles. The maximum atomic E-state index is 12.8. The predicted octanol–water partition coefficient (Wildman–Crippen LogP) is 3.52. The van der Waals surface area contributed by atoms with Gasteiger partial charge in [-0.2, -0.15) is 4.31 Å². The van der Waals surface area contributed by atoms with Gasteiger partial charge in [-0.05, 0) is 54.8 Å². The number of hydrogen-bond acceptors (Lipinski definition) is 4. The van der Waals surface area contributed by atoms with E-state index in [-0.39, 0.29) is 16.7 Å². The Morgan fingerprint density at radius 1 is 1.10 bits per heavy atom. The number of rotatable bonds is 6. The van der Waals surface area contributed by atoms with Crippen LogP contribution in [0.5, 0.6) is 5.75 Å². The van der Waals surface area contributed by atoms with Crippen molar-refractivity contribution >= 4 is 31.9 Å². The minimum absolute atomic E-state index is 0.0570. The molecule has 0 aliphatic carbocycles. The zero-order chi connectivity index (χ0) is 21.0. The lowest BCUT2D eigenvalue weighted by molar-refractivity contribution is -0.135. The summed E-state index contributed by atoms with van der Waals surface area (Å²) in [6.07, 6.45) is 1.06. The van der Waals surface area contributed by atoms with Crippen molar-refractivity contribution in [3.8, 4) is 5.75 Å². The van der Waals surface area contributed by atoms with Crippen LogP contribution in [-0.2, 0) is 21.4 Å². The molecule has 0 atom stereocenters. The van der Waals surface area contributed by atoms with E-state index >= 15 is 0 Å². The second kappa shape index (κ2) is 9.28. The fourth-order valence-corrected chi connectivity index (χ4v) is 5.23. The van der Waals surface area contributed by atoms with Gasteiger partial charge in [-0.25, -0.2) is 8.42 Å². The smallest absolute Gasteiger partial charge is 0.243 e. The summed E-state index contributed by atoms with van der Waals surface area (Å²) in [5, 5.41) is 0. The maximum Gasteiger partial charge on any atom is 0.243 e. The minimum Gasteiger partial charge on any atom is -0.497 e. The third kappa shape index (κ3) is 5.18. The Labute approximate surface area is 180 Å². The van der Waals surface area contributed by atoms with Crippen LogP contribution in [0.4, 0.5) is 0 Å². The van der Waals surface area contributed by atoms with E-state index in [4.69, 9.17) is 4.74 Å². The second-order valence-corrected chi connectivity index (χ2v) is 10.0. The minimum atomic E-state index is -3.53. The topological polar surface area (TPSA) is 66.9 Å². The Morgan fingerprint density at radius 2 is 1.69 bits per heavy atom. The van der Waals surface area contributed by atoms with E-state index in [2.05, 4.69) is 15.9 Å². The molecule has 8 heteroatoms. The Bertz CT molecular complexity index is 938. The van der Waals surface area contributed by atoms with E-state index in [0.29, 0.717) is 32.5 Å². The molecule has 3 rings (SSSR count). The third-order valence-corrected chi connectivity index (χ3v) is 7.65. The number of carbonyl (C=O) groups excluding carboxylic acids is 1. The first-order valence-electron chi connectivity index (χ1n) is 9.45. The van der Waals surface area contributed by atoms with E-state index in [0.717, 1.165) is 15.8 Å². The first-order valence-corrected chi connectivity index (χ1v) is 11.7. The summed E-state index contributed by atoms with van der Waals surface area (Å²) in [6, 6.07) is 14.3. The third-order valence-electron chi connectivity index (χ3n) is 5.21. The number of halogens is 1. The van der Waals surface area contributed by atoms with Gasteiger partial charge < -0.3 is 9.64 Å². The van der Waals surface area contributed by atoms with Crippen molar-refractivity contribution in [1.29, 1.82) is 0 Å². The van der Waals surface area contributed by atoms with Crippen LogP contribution in [0.1, 0.15) is 18.4 Å². The van der Waals surface area contributed by atoms with Crippen LogP contribution < -0.4 is 4.74 Å². The summed E-state index contributed by atoms with van der Waals surface area (Å²) in [6.45, 7) is 1.22. The van der Waals surface area contributed by atoms with E-state index in [1.54, 1.807) is 43.3 Å². The van der Waals surface area contributed by atoms with Crippen LogP contribution in [0.3, 0.4) is 0 Å². The molecule has 0 N–H and O–H groups in total. The van der Waals surface area contributed by atoms with E-state index in [9.17, 15) is 13.2 Å². The number of benzene rings is 2. The van der Waals surface area contributed by atoms with Crippen molar-refractivity contribution < 1.29 is 17.9 Å². The van der Waals surface area contributed by atoms with E-state index in [1.807, 2.05) is 24.3 Å². The number of hydrogen-bond donors (Lipinski definition) is 0. The molecule has 0 aromatic heterocycles. The molecule has 1 amide bonds. The number of ether oxygens (including phenoxy) is 1. The normalized spacial score (nSPS) is 15.8. The summed E-state index contributed by atoms with van der Waals surface area (Å²) in [4.78, 5) is 14.8. The lowest BCUT2D eigenvalue weighted by Gasteiger charge is -2.32. The van der Waals surface area contributed by atoms with Crippen LogP contribution >= 0.6 is 15.9 Å². The molecule has 1 aliphatic heterocycles. The Kier molecular flexibility index (Phi) is 6.97. The molecule has 2 aromatic carbocycles. The molecule has 0 spiro atoms. The number of carbonyl (C=O) groups is 1. The molecule has 0 radical (unpaired) electrons. The monoisotopic (exact) mass is 480 g/mol. The molecule has 1 fully saturated rings. The molecule has 0 bridgehead atoms. The SMILES string of the molecule is COc1ccc(CN(C)C(=O)C2CCN(S(=O)(=O)c3ccc(Br)cc3)CC2)cc1. The molecule has 6 nitrogen and oxygen atoms in total. The molecule has 1 aliphatic rings. The lowest BCUT2D eigenvalue weighted by atomic mass is 9.96. The molecule has 1 saturated heterocycles. The second-order valence-electron chi connectivity index (χ2n) is 7.17. The van der Waals surface area contributed by atoms with Gasteiger partial charge in [0.05, 0.1) is 12.0 Å². The molecule has 0 unspecified atom stereocenters. The Hall–Kier alpha value is -1.90. The van der Waals surface area contributed by atoms with Gasteiger partial charge in [0, 0.05) is 37.1 Å². The van der Waals surface area contributed by atoms with Crippen molar-refractivity contribution in [2.24, 2.45) is 5.92 Å². The van der Waals surface area contributed by atoms with Gasteiger partial charge in [0.15, 0.2) is 0 Å². The number of nitrogens with zero attached hydrogens (tertiary/aromatic N) is 2. The summed E-state index contributed by atoms with van der Waals surface area (Å²) in [5.74, 6) is 0.679. The van der Waals surface area contributed by atoms with Gasteiger partial charge in [0.25, 0.3) is 0 Å². The number of amides is 1. The van der Waals surface area contributed by atoms with Crippen LogP contribution in [-0.4, -0.2) is 50.8 Å². The van der Waals surface area contributed by atoms with Crippen LogP contribution in [0.15, 0.2) is 57.9 Å². The molecular formula is C21H25BrN2O4S. The van der Waals surface area contributed by atoms with Crippen LogP contribution in [0.25, 0.3) is 0 Å². The molecule has 2 aromatic rings. The highest BCUT2D eigenvalue weighted by molar-refractivity contribution is 9.10. The fraction of sp³-hybridized carbons (Fsp3) is 0.381. The van der Waals surface area contributed by atoms with Crippen molar-refractivity contribution in [3.63, 3.8) is 0 Å². The summed E-state index contributed by atoms with van der Waals surface area (Å²) in [7, 11) is -0.119. The highest BCUT2D eigenvalue weighted by atomic mass is 79.9. The van der Waals surface area contributed by atoms with Crippen LogP contribution in [0.2, 0.25) is 0 Å². The summed E-state index contributed by atoms with van der Waals surface area (Å²) < 4.78 is 33.1. The molecule has 29 heavy (non-hydrogen) atoms. The van der Waals surface area contributed by atoms with Gasteiger partial charge in [-0.3, -0.25) is 4.79 Å². The zero-order valence-electron chi connectivity index (χ0n) is 16.5. The highest BCUT2D eigenvalue weighted by Gasteiger charge is 2.33. The van der Waals surface area contributed by atoms with Crippen molar-refractivity contribution in [3.05, 3.63) is 58.6 Å². The quantitative estimate of drug-likeness (QED) is 0.634. The average Bonchev–Trinajstić information content (AvgIpc) is 2.74. The fourth-order valence-electron chi connectivity index (χ4n) is 3.49. The number of piperidine rings is 1. The van der Waals surface area contributed by atoms with Crippen molar-refractivity contribution in [2.45, 2.75) is 24.3 Å². The molecule has 156 valence electrons. The van der Waals surface area contributed by atoms with E-state index in [1.165, 1.54) is 4.31 Å². The largest absolute Gasteiger partial charge is 0.497 e. The summed E-state index contributed by atoms with van der Waals surface area (Å²) in [5.41, 5.74) is 1.02. The highest BCUT2D eigenvalue weighted by Crippen LogP contribution is 2.26. The van der Waals surface area contributed by atoms with Gasteiger partial charge >= 0.3 is 0 Å². The standard InChI is InChI=1S/C21H25BrN2O4S/c1-23(15-16-3-7-19(28-2)8-4-16)21(25)17-11-13-24(14-12-17)29(26,27)20-9-5-18(22)6-10-20/h3-10,17H,11-15H2,1-2H3. The van der Waals surface area contributed by atoms with Gasteiger partial charge in [-0.1, -0.05) is 28.1 Å². The van der Waals surface area contributed by atoms with Gasteiger partial charge in [0.1, 0.15) is 5.75 Å². The first kappa shape index (κ1) is 21.8. The summed E-state index contributed by atoms with van der Waals surface area (Å²) >= 11 is 3.32. The predicted molar refractivity (Wildman–Crippen MR) is 115 cm³/mol. The number of sulfonamides is 1. The average molecular weight is 481 g/mol. The van der Waals surface area contributed by atoms with Gasteiger partial charge in [-0.15, -0.1) is 0 Å². The van der Waals surface area contributed by atoms with Gasteiger partial charge in [0.2, 0.25) is 15.9 Å². The Balaban J connectivity index is 1.57. The Morgan fingerprint density at radius 3 is 2.24 bits per heavy atom. The zero-order valence-corrected chi connectivity index (χ0v) is 18.9. The first-order chi connectivity index (χ1) is 13.8. The molecule has 0 saturated carbocycles. The number of methoxy groups -OCH3 is 1. The van der Waals surface area contributed by atoms with Crippen LogP contribution in [0, 0.1) is 5.92 Å². The van der Waals surface area contributed by atoms with Crippen molar-refractivity contribution in [1.82, 2.24) is 9.21 Å². The molecular weight excluding hydrogens is 456 g/mol. The lowest BCUT2D eigenvalue weighted by Crippen LogP contribution is -2.43.